The lowest BCUT2D eigenvalue weighted by Gasteiger charge is -2.25. The van der Waals surface area contributed by atoms with Crippen LogP contribution in [-0.2, 0) is 19.2 Å². The van der Waals surface area contributed by atoms with Gasteiger partial charge in [-0.05, 0) is 87.5 Å². The number of hydrogen-bond acceptors (Lipinski definition) is 9. The molecule has 16 heteroatoms. The molecule has 1 fully saturated rings. The summed E-state index contributed by atoms with van der Waals surface area (Å²) < 4.78 is 0. The second kappa shape index (κ2) is 19.9. The molecule has 1 heterocycles. The smallest absolute Gasteiger partial charge is 0.293 e. The number of thioether (sulfide) groups is 1. The summed E-state index contributed by atoms with van der Waals surface area (Å²) in [6.45, 7) is 4.54. The maximum atomic E-state index is 13.6. The van der Waals surface area contributed by atoms with E-state index < -0.39 is 41.8 Å². The summed E-state index contributed by atoms with van der Waals surface area (Å²) in [6, 6.07) is 3.35. The SMILES string of the molecule is CCCC[C@H](NC(=O)[C@H](CCCCN)NC(=O)[C@H](CCCN=C(N)N)NC(=O)c1ccc(/C=C2\SC(=O)N(CC)C2=O)cc1)C(N)=O. The van der Waals surface area contributed by atoms with Crippen LogP contribution in [0.3, 0.4) is 0 Å². The van der Waals surface area contributed by atoms with Gasteiger partial charge in [-0.1, -0.05) is 31.9 Å². The standard InChI is InChI=1S/C31H47N9O6S/c1-3-5-9-21(25(33)41)37-27(43)22(10-6-7-16-32)39-28(44)23(11-8-17-36-30(34)35)38-26(42)20-14-12-19(13-15-20)18-24-29(45)40(4-2)31(46)47-24/h12-15,18,21-23H,3-11,16-17,32H2,1-2H3,(H2,33,41)(H,37,43)(H,38,42)(H,39,44)(H4,34,35,36)/b24-18-/t21-,22-,23-/m0/s1. The Hall–Kier alpha value is -4.44. The molecule has 3 atom stereocenters. The number of hydrogen-bond donors (Lipinski definition) is 7. The molecule has 0 aliphatic carbocycles. The lowest BCUT2D eigenvalue weighted by atomic mass is 10.0. The molecule has 0 saturated carbocycles. The number of benzene rings is 1. The normalized spacial score (nSPS) is 15.6. The fourth-order valence-electron chi connectivity index (χ4n) is 4.67. The van der Waals surface area contributed by atoms with Crippen molar-refractivity contribution in [3.63, 3.8) is 0 Å². The molecule has 258 valence electrons. The van der Waals surface area contributed by atoms with Crippen LogP contribution in [0, 0.1) is 0 Å². The van der Waals surface area contributed by atoms with E-state index in [9.17, 15) is 28.8 Å². The lowest BCUT2D eigenvalue weighted by Crippen LogP contribution is -2.56. The van der Waals surface area contributed by atoms with Crippen molar-refractivity contribution in [3.05, 3.63) is 40.3 Å². The molecule has 6 amide bonds. The number of carbonyl (C=O) groups excluding carboxylic acids is 6. The molecule has 0 spiro atoms. The highest BCUT2D eigenvalue weighted by atomic mass is 32.2. The van der Waals surface area contributed by atoms with Gasteiger partial charge in [0.1, 0.15) is 18.1 Å². The molecule has 1 aromatic rings. The molecule has 1 saturated heterocycles. The summed E-state index contributed by atoms with van der Waals surface area (Å²) in [5.41, 5.74) is 22.8. The molecule has 0 radical (unpaired) electrons. The van der Waals surface area contributed by atoms with Crippen LogP contribution in [0.5, 0.6) is 0 Å². The highest BCUT2D eigenvalue weighted by Crippen LogP contribution is 2.31. The number of primary amides is 1. The van der Waals surface area contributed by atoms with E-state index in [1.807, 2.05) is 6.92 Å². The van der Waals surface area contributed by atoms with Gasteiger partial charge >= 0.3 is 0 Å². The van der Waals surface area contributed by atoms with E-state index >= 15 is 0 Å². The number of aliphatic imine (C=N–C) groups is 1. The summed E-state index contributed by atoms with van der Waals surface area (Å²) in [5, 5.41) is 7.77. The summed E-state index contributed by atoms with van der Waals surface area (Å²) in [6.07, 6.45) is 5.30. The fourth-order valence-corrected chi connectivity index (χ4v) is 5.57. The number of carbonyl (C=O) groups is 6. The second-order valence-electron chi connectivity index (χ2n) is 11.0. The number of likely N-dealkylation sites (N-methyl/N-ethyl adjacent to an activating group) is 1. The van der Waals surface area contributed by atoms with Gasteiger partial charge in [-0.15, -0.1) is 0 Å². The van der Waals surface area contributed by atoms with Gasteiger partial charge in [0.2, 0.25) is 17.7 Å². The molecule has 1 aromatic carbocycles. The molecule has 0 bridgehead atoms. The average molecular weight is 674 g/mol. The van der Waals surface area contributed by atoms with Crippen LogP contribution >= 0.6 is 11.8 Å². The van der Waals surface area contributed by atoms with E-state index in [0.29, 0.717) is 44.2 Å². The van der Waals surface area contributed by atoms with E-state index in [1.165, 1.54) is 12.1 Å². The Balaban J connectivity index is 2.22. The number of imide groups is 1. The third kappa shape index (κ3) is 12.7. The molecule has 47 heavy (non-hydrogen) atoms. The minimum Gasteiger partial charge on any atom is -0.370 e. The van der Waals surface area contributed by atoms with Crippen LogP contribution in [0.2, 0.25) is 0 Å². The monoisotopic (exact) mass is 673 g/mol. The maximum Gasteiger partial charge on any atom is 0.293 e. The van der Waals surface area contributed by atoms with Crippen LogP contribution in [0.25, 0.3) is 6.08 Å². The quantitative estimate of drug-likeness (QED) is 0.0440. The average Bonchev–Trinajstić information content (AvgIpc) is 3.30. The maximum absolute atomic E-state index is 13.6. The first-order chi connectivity index (χ1) is 22.4. The first-order valence-electron chi connectivity index (χ1n) is 15.7. The fraction of sp³-hybridized carbons (Fsp3) is 0.516. The van der Waals surface area contributed by atoms with Gasteiger partial charge in [0.15, 0.2) is 5.96 Å². The second-order valence-corrected chi connectivity index (χ2v) is 12.0. The highest BCUT2D eigenvalue weighted by molar-refractivity contribution is 8.18. The van der Waals surface area contributed by atoms with Gasteiger partial charge in [-0.2, -0.15) is 0 Å². The van der Waals surface area contributed by atoms with Crippen LogP contribution in [-0.4, -0.2) is 83.4 Å². The predicted octanol–water partition coefficient (Wildman–Crippen LogP) is 0.669. The van der Waals surface area contributed by atoms with E-state index in [0.717, 1.165) is 23.1 Å². The molecule has 15 nitrogen and oxygen atoms in total. The summed E-state index contributed by atoms with van der Waals surface area (Å²) in [5.74, 6) is -2.88. The first-order valence-corrected chi connectivity index (χ1v) is 16.5. The number of rotatable bonds is 20. The van der Waals surface area contributed by atoms with E-state index in [1.54, 1.807) is 25.1 Å². The van der Waals surface area contributed by atoms with Gasteiger partial charge in [0.05, 0.1) is 4.91 Å². The topological polar surface area (TPSA) is 258 Å². The molecule has 0 aromatic heterocycles. The third-order valence-corrected chi connectivity index (χ3v) is 8.22. The summed E-state index contributed by atoms with van der Waals surface area (Å²) in [4.78, 5) is 81.8. The third-order valence-electron chi connectivity index (χ3n) is 7.31. The Morgan fingerprint density at radius 3 is 2.00 bits per heavy atom. The minimum absolute atomic E-state index is 0.113. The Kier molecular flexibility index (Phi) is 16.4. The molecule has 1 aliphatic heterocycles. The number of nitrogens with zero attached hydrogens (tertiary/aromatic N) is 2. The van der Waals surface area contributed by atoms with E-state index in [4.69, 9.17) is 22.9 Å². The van der Waals surface area contributed by atoms with Crippen LogP contribution in [0.15, 0.2) is 34.2 Å². The Morgan fingerprint density at radius 2 is 1.45 bits per heavy atom. The van der Waals surface area contributed by atoms with Gasteiger partial charge in [0.25, 0.3) is 17.1 Å². The lowest BCUT2D eigenvalue weighted by molar-refractivity contribution is -0.132. The number of unbranched alkanes of at least 4 members (excludes halogenated alkanes) is 2. The van der Waals surface area contributed by atoms with Crippen LogP contribution < -0.4 is 38.9 Å². The van der Waals surface area contributed by atoms with E-state index in [-0.39, 0.29) is 53.5 Å². The number of amides is 6. The van der Waals surface area contributed by atoms with Crippen molar-refractivity contribution in [1.82, 2.24) is 20.9 Å². The van der Waals surface area contributed by atoms with Gasteiger partial charge < -0.3 is 38.9 Å². The molecular weight excluding hydrogens is 626 g/mol. The predicted molar refractivity (Wildman–Crippen MR) is 181 cm³/mol. The zero-order chi connectivity index (χ0) is 34.9. The minimum atomic E-state index is -1.06. The molecular formula is C31H47N9O6S. The zero-order valence-electron chi connectivity index (χ0n) is 27.0. The van der Waals surface area contributed by atoms with Gasteiger partial charge in [0, 0.05) is 18.7 Å². The molecule has 1 aliphatic rings. The van der Waals surface area contributed by atoms with Crippen LogP contribution in [0.4, 0.5) is 4.79 Å². The first kappa shape index (κ1) is 38.7. The van der Waals surface area contributed by atoms with Crippen molar-refractivity contribution in [2.24, 2.45) is 27.9 Å². The summed E-state index contributed by atoms with van der Waals surface area (Å²) in [7, 11) is 0. The molecule has 0 unspecified atom stereocenters. The number of guanidine groups is 1. The Morgan fingerprint density at radius 1 is 0.851 bits per heavy atom. The van der Waals surface area contributed by atoms with Crippen molar-refractivity contribution in [3.8, 4) is 0 Å². The van der Waals surface area contributed by atoms with Crippen molar-refractivity contribution >= 4 is 58.6 Å². The Bertz CT molecular complexity index is 1330. The zero-order valence-corrected chi connectivity index (χ0v) is 27.8. The van der Waals surface area contributed by atoms with Gasteiger partial charge in [-0.3, -0.25) is 38.7 Å². The van der Waals surface area contributed by atoms with Crippen LogP contribution in [0.1, 0.15) is 81.1 Å². The van der Waals surface area contributed by atoms with Crippen molar-refractivity contribution in [2.75, 3.05) is 19.6 Å². The summed E-state index contributed by atoms with van der Waals surface area (Å²) >= 11 is 0.847. The highest BCUT2D eigenvalue weighted by Gasteiger charge is 2.34. The number of nitrogens with one attached hydrogen (secondary N) is 3. The molecule has 11 N–H and O–H groups in total. The van der Waals surface area contributed by atoms with Crippen molar-refractivity contribution < 1.29 is 28.8 Å². The number of nitrogens with two attached hydrogens (primary N) is 4. The van der Waals surface area contributed by atoms with Gasteiger partial charge in [-0.25, -0.2) is 0 Å². The van der Waals surface area contributed by atoms with Crippen molar-refractivity contribution in [1.29, 1.82) is 0 Å². The largest absolute Gasteiger partial charge is 0.370 e. The molecule has 2 rings (SSSR count). The van der Waals surface area contributed by atoms with Crippen molar-refractivity contribution in [2.45, 2.75) is 83.3 Å². The Labute approximate surface area is 279 Å². The van der Waals surface area contributed by atoms with E-state index in [2.05, 4.69) is 20.9 Å².